The number of carbonyl (C=O) groups is 2. The van der Waals surface area contributed by atoms with Crippen molar-refractivity contribution in [2.75, 3.05) is 46.4 Å². The lowest BCUT2D eigenvalue weighted by Gasteiger charge is -2.46. The van der Waals surface area contributed by atoms with E-state index in [0.717, 1.165) is 19.3 Å². The lowest BCUT2D eigenvalue weighted by Crippen LogP contribution is -2.64. The number of likely N-dealkylation sites (tertiary alicyclic amines) is 3. The molecule has 1 aromatic rings. The number of rotatable bonds is 6. The van der Waals surface area contributed by atoms with Crippen molar-refractivity contribution in [2.45, 2.75) is 43.7 Å². The van der Waals surface area contributed by atoms with Crippen LogP contribution in [0.3, 0.4) is 0 Å². The summed E-state index contributed by atoms with van der Waals surface area (Å²) in [5.41, 5.74) is 1.30. The van der Waals surface area contributed by atoms with Gasteiger partial charge in [-0.05, 0) is 30.7 Å². The Morgan fingerprint density at radius 3 is 2.42 bits per heavy atom. The van der Waals surface area contributed by atoms with Crippen LogP contribution in [0.4, 0.5) is 8.78 Å². The third-order valence-corrected chi connectivity index (χ3v) is 6.84. The molecule has 4 rings (SSSR count). The fraction of sp³-hybridized carbons (Fsp3) is 0.652. The topological polar surface area (TPSA) is 53.1 Å². The number of ether oxygens (including phenoxy) is 1. The number of hydrogen-bond donors (Lipinski definition) is 0. The highest BCUT2D eigenvalue weighted by atomic mass is 19.3. The summed E-state index contributed by atoms with van der Waals surface area (Å²) in [6.45, 7) is 1.57. The predicted molar refractivity (Wildman–Crippen MR) is 112 cm³/mol. The van der Waals surface area contributed by atoms with Gasteiger partial charge in [0.1, 0.15) is 6.61 Å². The summed E-state index contributed by atoms with van der Waals surface area (Å²) in [5.74, 6) is -2.69. The molecule has 0 unspecified atom stereocenters. The van der Waals surface area contributed by atoms with Gasteiger partial charge in [-0.1, -0.05) is 30.3 Å². The van der Waals surface area contributed by atoms with Crippen LogP contribution in [0, 0.1) is 5.92 Å². The third kappa shape index (κ3) is 5.06. The molecule has 1 aromatic carbocycles. The first kappa shape index (κ1) is 22.1. The summed E-state index contributed by atoms with van der Waals surface area (Å²) in [5, 5.41) is 0. The van der Waals surface area contributed by atoms with Crippen molar-refractivity contribution >= 4 is 11.8 Å². The molecule has 3 saturated heterocycles. The molecule has 3 fully saturated rings. The van der Waals surface area contributed by atoms with Gasteiger partial charge in [-0.25, -0.2) is 8.78 Å². The molecule has 1 atom stereocenters. The van der Waals surface area contributed by atoms with Gasteiger partial charge in [-0.3, -0.25) is 14.5 Å². The van der Waals surface area contributed by atoms with Crippen LogP contribution in [0.1, 0.15) is 24.8 Å². The van der Waals surface area contributed by atoms with Gasteiger partial charge < -0.3 is 14.5 Å². The molecule has 0 aromatic heterocycles. The maximum Gasteiger partial charge on any atom is 0.262 e. The summed E-state index contributed by atoms with van der Waals surface area (Å²) in [7, 11) is 1.45. The van der Waals surface area contributed by atoms with Crippen molar-refractivity contribution in [3.05, 3.63) is 35.9 Å². The molecule has 2 amide bonds. The van der Waals surface area contributed by atoms with Crippen molar-refractivity contribution in [2.24, 2.45) is 5.92 Å². The largest absolute Gasteiger partial charge is 0.375 e. The predicted octanol–water partition coefficient (Wildman–Crippen LogP) is 2.03. The van der Waals surface area contributed by atoms with Crippen molar-refractivity contribution in [3.63, 3.8) is 0 Å². The second-order valence-electron chi connectivity index (χ2n) is 9.09. The van der Waals surface area contributed by atoms with Gasteiger partial charge in [0.25, 0.3) is 5.92 Å². The fourth-order valence-electron chi connectivity index (χ4n) is 5.05. The zero-order valence-electron chi connectivity index (χ0n) is 18.0. The van der Waals surface area contributed by atoms with Gasteiger partial charge in [-0.15, -0.1) is 0 Å². The SMILES string of the molecule is COCC(=O)N1CC(N2CC(F)(F)C[C@H]2C(=O)N2CCC(Cc3ccccc3)CC2)C1. The van der Waals surface area contributed by atoms with E-state index in [9.17, 15) is 18.4 Å². The molecule has 8 heteroatoms. The summed E-state index contributed by atoms with van der Waals surface area (Å²) in [4.78, 5) is 30.1. The monoisotopic (exact) mass is 435 g/mol. The van der Waals surface area contributed by atoms with E-state index in [2.05, 4.69) is 12.1 Å². The van der Waals surface area contributed by atoms with Gasteiger partial charge in [0.05, 0.1) is 12.6 Å². The van der Waals surface area contributed by atoms with Crippen LogP contribution in [0.25, 0.3) is 0 Å². The second kappa shape index (κ2) is 9.20. The molecule has 0 saturated carbocycles. The standard InChI is InChI=1S/C23H31F2N3O3/c1-31-15-21(29)27-13-19(14-27)28-16-23(24,25)12-20(28)22(30)26-9-7-18(8-10-26)11-17-5-3-2-4-6-17/h2-6,18-20H,7-16H2,1H3/t20-/m0/s1. The summed E-state index contributed by atoms with van der Waals surface area (Å²) in [6.07, 6.45) is 2.35. The Labute approximate surface area is 182 Å². The maximum atomic E-state index is 14.3. The highest BCUT2D eigenvalue weighted by Gasteiger charge is 2.53. The number of hydrogen-bond acceptors (Lipinski definition) is 4. The number of nitrogens with zero attached hydrogens (tertiary/aromatic N) is 3. The molecular formula is C23H31F2N3O3. The lowest BCUT2D eigenvalue weighted by molar-refractivity contribution is -0.146. The van der Waals surface area contributed by atoms with E-state index >= 15 is 0 Å². The molecular weight excluding hydrogens is 404 g/mol. The number of amides is 2. The molecule has 31 heavy (non-hydrogen) atoms. The van der Waals surface area contributed by atoms with Crippen LogP contribution in [0.5, 0.6) is 0 Å². The highest BCUT2D eigenvalue weighted by molar-refractivity contribution is 5.83. The van der Waals surface area contributed by atoms with Gasteiger partial charge in [0, 0.05) is 45.8 Å². The van der Waals surface area contributed by atoms with E-state index in [1.807, 2.05) is 18.2 Å². The van der Waals surface area contributed by atoms with Gasteiger partial charge in [-0.2, -0.15) is 0 Å². The number of methoxy groups -OCH3 is 1. The van der Waals surface area contributed by atoms with E-state index in [1.54, 1.807) is 14.7 Å². The van der Waals surface area contributed by atoms with Crippen LogP contribution < -0.4 is 0 Å². The minimum Gasteiger partial charge on any atom is -0.375 e. The van der Waals surface area contributed by atoms with E-state index in [0.29, 0.717) is 32.1 Å². The zero-order valence-corrected chi connectivity index (χ0v) is 18.0. The first-order chi connectivity index (χ1) is 14.9. The Morgan fingerprint density at radius 2 is 1.77 bits per heavy atom. The molecule has 0 spiro atoms. The number of carbonyl (C=O) groups excluding carboxylic acids is 2. The summed E-state index contributed by atoms with van der Waals surface area (Å²) < 4.78 is 33.4. The van der Waals surface area contributed by atoms with Crippen LogP contribution in [-0.4, -0.2) is 91.0 Å². The van der Waals surface area contributed by atoms with E-state index in [4.69, 9.17) is 4.74 Å². The normalized spacial score (nSPS) is 24.9. The van der Waals surface area contributed by atoms with Gasteiger partial charge in [0.2, 0.25) is 11.8 Å². The molecule has 6 nitrogen and oxygen atoms in total. The molecule has 3 heterocycles. The maximum absolute atomic E-state index is 14.3. The van der Waals surface area contributed by atoms with E-state index < -0.39 is 24.9 Å². The Balaban J connectivity index is 1.32. The molecule has 0 N–H and O–H groups in total. The second-order valence-corrected chi connectivity index (χ2v) is 9.09. The van der Waals surface area contributed by atoms with Crippen molar-refractivity contribution in [3.8, 4) is 0 Å². The molecule has 0 bridgehead atoms. The molecule has 3 aliphatic rings. The molecule has 0 aliphatic carbocycles. The van der Waals surface area contributed by atoms with Crippen molar-refractivity contribution in [1.82, 2.24) is 14.7 Å². The Kier molecular flexibility index (Phi) is 6.57. The van der Waals surface area contributed by atoms with E-state index in [-0.39, 0.29) is 24.5 Å². The first-order valence-electron chi connectivity index (χ1n) is 11.1. The number of halogens is 2. The van der Waals surface area contributed by atoms with Crippen molar-refractivity contribution < 1.29 is 23.1 Å². The molecule has 170 valence electrons. The number of benzene rings is 1. The number of piperidine rings is 1. The third-order valence-electron chi connectivity index (χ3n) is 6.84. The lowest BCUT2D eigenvalue weighted by atomic mass is 9.90. The fourth-order valence-corrected chi connectivity index (χ4v) is 5.05. The number of alkyl halides is 2. The summed E-state index contributed by atoms with van der Waals surface area (Å²) in [6, 6.07) is 9.32. The molecule has 0 radical (unpaired) electrons. The first-order valence-corrected chi connectivity index (χ1v) is 11.1. The quantitative estimate of drug-likeness (QED) is 0.686. The average molecular weight is 436 g/mol. The summed E-state index contributed by atoms with van der Waals surface area (Å²) >= 11 is 0. The van der Waals surface area contributed by atoms with Crippen LogP contribution in [-0.2, 0) is 20.7 Å². The highest BCUT2D eigenvalue weighted by Crippen LogP contribution is 2.37. The average Bonchev–Trinajstić information content (AvgIpc) is 3.03. The zero-order chi connectivity index (χ0) is 22.0. The van der Waals surface area contributed by atoms with Crippen molar-refractivity contribution in [1.29, 1.82) is 0 Å². The van der Waals surface area contributed by atoms with Crippen LogP contribution in [0.15, 0.2) is 30.3 Å². The Morgan fingerprint density at radius 1 is 1.10 bits per heavy atom. The van der Waals surface area contributed by atoms with Crippen LogP contribution in [0.2, 0.25) is 0 Å². The van der Waals surface area contributed by atoms with Gasteiger partial charge >= 0.3 is 0 Å². The Bertz CT molecular complexity index is 778. The minimum absolute atomic E-state index is 0.0107. The minimum atomic E-state index is -2.87. The van der Waals surface area contributed by atoms with Crippen LogP contribution >= 0.6 is 0 Å². The molecule has 3 aliphatic heterocycles. The smallest absolute Gasteiger partial charge is 0.262 e. The van der Waals surface area contributed by atoms with E-state index in [1.165, 1.54) is 12.7 Å². The van der Waals surface area contributed by atoms with Gasteiger partial charge in [0.15, 0.2) is 0 Å². The Hall–Kier alpha value is -2.06.